The van der Waals surface area contributed by atoms with Gasteiger partial charge in [-0.05, 0) is 24.3 Å². The van der Waals surface area contributed by atoms with Gasteiger partial charge in [0.15, 0.2) is 0 Å². The molecule has 0 rings (SSSR count). The van der Waals surface area contributed by atoms with E-state index in [1.54, 1.807) is 11.8 Å². The van der Waals surface area contributed by atoms with E-state index in [0.717, 1.165) is 5.75 Å². The lowest BCUT2D eigenvalue weighted by Gasteiger charge is -2.00. The van der Waals surface area contributed by atoms with Crippen molar-refractivity contribution in [3.05, 3.63) is 0 Å². The third-order valence-electron chi connectivity index (χ3n) is 1.09. The van der Waals surface area contributed by atoms with Crippen LogP contribution in [0, 0.1) is 0 Å². The Bertz CT molecular complexity index is 93.6. The van der Waals surface area contributed by atoms with Crippen molar-refractivity contribution in [1.29, 1.82) is 0 Å². The summed E-state index contributed by atoms with van der Waals surface area (Å²) in [6, 6.07) is 0. The summed E-state index contributed by atoms with van der Waals surface area (Å²) in [5.74, 6) is 0.829. The van der Waals surface area contributed by atoms with Crippen LogP contribution >= 0.6 is 11.8 Å². The average Bonchev–Trinajstić information content (AvgIpc) is 1.87. The molecule has 0 aromatic rings. The van der Waals surface area contributed by atoms with E-state index in [4.69, 9.17) is 0 Å². The van der Waals surface area contributed by atoms with Crippen LogP contribution in [0.5, 0.6) is 0 Å². The first kappa shape index (κ1) is 9.82. The van der Waals surface area contributed by atoms with E-state index in [2.05, 4.69) is 6.92 Å². The summed E-state index contributed by atoms with van der Waals surface area (Å²) in [5, 5.41) is 9.91. The van der Waals surface area contributed by atoms with E-state index >= 15 is 0 Å². The Morgan fingerprint density at radius 1 is 1.50 bits per heavy atom. The molecule has 0 unspecified atom stereocenters. The number of carbonyl (C=O) groups is 1. The first-order valence-corrected chi connectivity index (χ1v) is 4.70. The zero-order valence-electron chi connectivity index (χ0n) is 6.26. The molecular weight excluding hydrogens is 148 g/mol. The van der Waals surface area contributed by atoms with Gasteiger partial charge in [0.05, 0.1) is 0 Å². The molecule has 0 heterocycles. The zero-order chi connectivity index (χ0) is 7.82. The maximum atomic E-state index is 9.91. The quantitative estimate of drug-likeness (QED) is 0.537. The van der Waals surface area contributed by atoms with Gasteiger partial charge in [-0.2, -0.15) is 11.8 Å². The minimum atomic E-state index is -0.941. The molecule has 0 fully saturated rings. The Morgan fingerprint density at radius 2 is 2.20 bits per heavy atom. The van der Waals surface area contributed by atoms with Crippen LogP contribution in [-0.2, 0) is 4.79 Å². The predicted octanol–water partition coefficient (Wildman–Crippen LogP) is 0.660. The normalized spacial score (nSPS) is 9.70. The Hall–Kier alpha value is -0.180. The number of carboxylic acid groups (broad SMARTS) is 1. The molecule has 10 heavy (non-hydrogen) atoms. The minimum Gasteiger partial charge on any atom is -0.550 e. The van der Waals surface area contributed by atoms with Gasteiger partial charge in [-0.15, -0.1) is 0 Å². The number of aliphatic carboxylic acids is 1. The lowest BCUT2D eigenvalue weighted by molar-refractivity contribution is -0.305. The fraction of sp³-hybridized carbons (Fsp3) is 0.857. The lowest BCUT2D eigenvalue weighted by atomic mass is 10.4. The minimum absolute atomic E-state index is 0.189. The summed E-state index contributed by atoms with van der Waals surface area (Å²) in [4.78, 5) is 9.91. The van der Waals surface area contributed by atoms with Gasteiger partial charge in [-0.25, -0.2) is 0 Å². The number of hydrogen-bond donors (Lipinski definition) is 0. The van der Waals surface area contributed by atoms with Crippen LogP contribution in [0.2, 0.25) is 0 Å². The second-order valence-electron chi connectivity index (χ2n) is 2.09. The molecule has 0 amide bonds. The van der Waals surface area contributed by atoms with Crippen LogP contribution in [0.25, 0.3) is 0 Å². The Balaban J connectivity index is 2.84. The molecule has 60 valence electrons. The van der Waals surface area contributed by atoms with Gasteiger partial charge in [-0.3, -0.25) is 0 Å². The average molecular weight is 161 g/mol. The molecule has 0 saturated carbocycles. The topological polar surface area (TPSA) is 40.1 Å². The molecular formula is C7H13O2S-. The van der Waals surface area contributed by atoms with Gasteiger partial charge in [0.2, 0.25) is 0 Å². The number of rotatable bonds is 6. The summed E-state index contributed by atoms with van der Waals surface area (Å²) < 4.78 is 0. The van der Waals surface area contributed by atoms with Gasteiger partial charge in [0.1, 0.15) is 0 Å². The number of thioether (sulfide) groups is 1. The largest absolute Gasteiger partial charge is 0.550 e. The van der Waals surface area contributed by atoms with Crippen molar-refractivity contribution < 1.29 is 9.90 Å². The van der Waals surface area contributed by atoms with Gasteiger partial charge < -0.3 is 9.90 Å². The number of carboxylic acids is 1. The summed E-state index contributed by atoms with van der Waals surface area (Å²) in [6.45, 7) is 2.12. The highest BCUT2D eigenvalue weighted by atomic mass is 32.2. The number of hydrogen-bond acceptors (Lipinski definition) is 3. The second-order valence-corrected chi connectivity index (χ2v) is 3.31. The van der Waals surface area contributed by atoms with E-state index in [9.17, 15) is 9.90 Å². The lowest BCUT2D eigenvalue weighted by Crippen LogP contribution is -2.22. The Morgan fingerprint density at radius 3 is 2.70 bits per heavy atom. The van der Waals surface area contributed by atoms with Crippen LogP contribution < -0.4 is 5.11 Å². The molecule has 0 radical (unpaired) electrons. The van der Waals surface area contributed by atoms with E-state index in [1.807, 2.05) is 0 Å². The number of carbonyl (C=O) groups excluding carboxylic acids is 1. The molecule has 0 aliphatic carbocycles. The Kier molecular flexibility index (Phi) is 6.81. The molecule has 0 saturated heterocycles. The second kappa shape index (κ2) is 6.93. The first-order chi connectivity index (χ1) is 4.77. The zero-order valence-corrected chi connectivity index (χ0v) is 7.08. The third-order valence-corrected chi connectivity index (χ3v) is 2.16. The maximum Gasteiger partial charge on any atom is 0.0422 e. The van der Waals surface area contributed by atoms with Crippen molar-refractivity contribution >= 4 is 17.7 Å². The standard InChI is InChI=1S/C7H14O2S/c1-2-3-5-10-6-4-7(8)9/h2-6H2,1H3,(H,8,9)/p-1. The van der Waals surface area contributed by atoms with Gasteiger partial charge in [0.25, 0.3) is 0 Å². The van der Waals surface area contributed by atoms with Crippen molar-refractivity contribution in [2.45, 2.75) is 26.2 Å². The van der Waals surface area contributed by atoms with Crippen molar-refractivity contribution in [2.24, 2.45) is 0 Å². The smallest absolute Gasteiger partial charge is 0.0422 e. The summed E-state index contributed by atoms with van der Waals surface area (Å²) in [6.07, 6.45) is 2.55. The van der Waals surface area contributed by atoms with E-state index in [-0.39, 0.29) is 6.42 Å². The van der Waals surface area contributed by atoms with Crippen molar-refractivity contribution in [1.82, 2.24) is 0 Å². The SMILES string of the molecule is CCCCSCCC(=O)[O-]. The molecule has 0 aliphatic heterocycles. The molecule has 3 heteroatoms. The summed E-state index contributed by atoms with van der Waals surface area (Å²) in [7, 11) is 0. The molecule has 0 aromatic carbocycles. The summed E-state index contributed by atoms with van der Waals surface area (Å²) in [5.41, 5.74) is 0. The van der Waals surface area contributed by atoms with Crippen LogP contribution in [-0.4, -0.2) is 17.5 Å². The fourth-order valence-corrected chi connectivity index (χ4v) is 1.51. The highest BCUT2D eigenvalue weighted by Gasteiger charge is 1.88. The van der Waals surface area contributed by atoms with Crippen LogP contribution in [0.4, 0.5) is 0 Å². The number of unbranched alkanes of at least 4 members (excludes halogenated alkanes) is 1. The van der Waals surface area contributed by atoms with Crippen LogP contribution in [0.3, 0.4) is 0 Å². The molecule has 0 atom stereocenters. The molecule has 0 spiro atoms. The molecule has 0 N–H and O–H groups in total. The molecule has 0 aromatic heterocycles. The van der Waals surface area contributed by atoms with Crippen molar-refractivity contribution in [3.8, 4) is 0 Å². The first-order valence-electron chi connectivity index (χ1n) is 3.55. The highest BCUT2D eigenvalue weighted by Crippen LogP contribution is 2.04. The van der Waals surface area contributed by atoms with Gasteiger partial charge in [0, 0.05) is 5.97 Å². The molecule has 0 aliphatic rings. The van der Waals surface area contributed by atoms with Crippen molar-refractivity contribution in [2.75, 3.05) is 11.5 Å². The van der Waals surface area contributed by atoms with Crippen molar-refractivity contribution in [3.63, 3.8) is 0 Å². The van der Waals surface area contributed by atoms with Gasteiger partial charge >= 0.3 is 0 Å². The fourth-order valence-electron chi connectivity index (χ4n) is 0.504. The van der Waals surface area contributed by atoms with Crippen LogP contribution in [0.15, 0.2) is 0 Å². The summed E-state index contributed by atoms with van der Waals surface area (Å²) >= 11 is 1.69. The predicted molar refractivity (Wildman–Crippen MR) is 41.9 cm³/mol. The Labute approximate surface area is 66.0 Å². The van der Waals surface area contributed by atoms with E-state index in [1.165, 1.54) is 12.8 Å². The third kappa shape index (κ3) is 7.82. The van der Waals surface area contributed by atoms with E-state index < -0.39 is 5.97 Å². The van der Waals surface area contributed by atoms with Gasteiger partial charge in [-0.1, -0.05) is 13.3 Å². The maximum absolute atomic E-state index is 9.91. The highest BCUT2D eigenvalue weighted by molar-refractivity contribution is 7.99. The molecule has 2 nitrogen and oxygen atoms in total. The van der Waals surface area contributed by atoms with E-state index in [0.29, 0.717) is 5.75 Å². The van der Waals surface area contributed by atoms with Crippen LogP contribution in [0.1, 0.15) is 26.2 Å². The molecule has 0 bridgehead atoms. The monoisotopic (exact) mass is 161 g/mol.